The summed E-state index contributed by atoms with van der Waals surface area (Å²) in [6.07, 6.45) is 1.63. The SMILES string of the molecule is CCNC(=NCc1ccco1)N(C)CC(=O)N(CC)CC. The van der Waals surface area contributed by atoms with Crippen LogP contribution >= 0.6 is 0 Å². The fourth-order valence-electron chi connectivity index (χ4n) is 1.98. The number of nitrogens with one attached hydrogen (secondary N) is 1. The molecule has 0 radical (unpaired) electrons. The van der Waals surface area contributed by atoms with Crippen LogP contribution in [0.1, 0.15) is 26.5 Å². The van der Waals surface area contributed by atoms with Crippen LogP contribution in [0.4, 0.5) is 0 Å². The maximum atomic E-state index is 12.1. The number of carbonyl (C=O) groups excluding carboxylic acids is 1. The van der Waals surface area contributed by atoms with E-state index in [4.69, 9.17) is 4.42 Å². The van der Waals surface area contributed by atoms with E-state index in [-0.39, 0.29) is 5.91 Å². The summed E-state index contributed by atoms with van der Waals surface area (Å²) < 4.78 is 5.27. The number of furan rings is 1. The van der Waals surface area contributed by atoms with Crippen molar-refractivity contribution < 1.29 is 9.21 Å². The third-order valence-corrected chi connectivity index (χ3v) is 3.15. The van der Waals surface area contributed by atoms with E-state index < -0.39 is 0 Å². The van der Waals surface area contributed by atoms with Gasteiger partial charge in [-0.1, -0.05) is 0 Å². The van der Waals surface area contributed by atoms with Crippen LogP contribution in [-0.4, -0.2) is 54.9 Å². The number of likely N-dealkylation sites (N-methyl/N-ethyl adjacent to an activating group) is 2. The van der Waals surface area contributed by atoms with Crippen molar-refractivity contribution in [2.45, 2.75) is 27.3 Å². The summed E-state index contributed by atoms with van der Waals surface area (Å²) in [7, 11) is 1.87. The van der Waals surface area contributed by atoms with E-state index in [9.17, 15) is 4.79 Å². The standard InChI is InChI=1S/C15H26N4O2/c1-5-16-15(17-11-13-9-8-10-21-13)18(4)12-14(20)19(6-2)7-3/h8-10H,5-7,11-12H2,1-4H3,(H,16,17). The number of carbonyl (C=O) groups is 1. The van der Waals surface area contributed by atoms with Crippen LogP contribution in [0, 0.1) is 0 Å². The summed E-state index contributed by atoms with van der Waals surface area (Å²) in [4.78, 5) is 20.3. The lowest BCUT2D eigenvalue weighted by atomic mass is 10.4. The van der Waals surface area contributed by atoms with E-state index >= 15 is 0 Å². The van der Waals surface area contributed by atoms with Gasteiger partial charge in [0.2, 0.25) is 5.91 Å². The minimum atomic E-state index is 0.103. The van der Waals surface area contributed by atoms with Crippen LogP contribution in [-0.2, 0) is 11.3 Å². The molecule has 0 bridgehead atoms. The van der Waals surface area contributed by atoms with Crippen molar-refractivity contribution in [2.75, 3.05) is 33.2 Å². The van der Waals surface area contributed by atoms with Crippen molar-refractivity contribution >= 4 is 11.9 Å². The second kappa shape index (κ2) is 9.05. The molecule has 1 aromatic heterocycles. The Hall–Kier alpha value is -1.98. The zero-order valence-corrected chi connectivity index (χ0v) is 13.4. The summed E-state index contributed by atoms with van der Waals surface area (Å²) in [5, 5.41) is 3.19. The minimum Gasteiger partial charge on any atom is -0.467 e. The molecule has 0 aliphatic rings. The highest BCUT2D eigenvalue weighted by molar-refractivity contribution is 5.86. The Morgan fingerprint density at radius 1 is 1.33 bits per heavy atom. The van der Waals surface area contributed by atoms with E-state index in [0.717, 1.165) is 25.4 Å². The molecule has 6 heteroatoms. The molecular weight excluding hydrogens is 268 g/mol. The number of aliphatic imine (C=N–C) groups is 1. The first-order valence-electron chi connectivity index (χ1n) is 7.41. The summed E-state index contributed by atoms with van der Waals surface area (Å²) in [5.41, 5.74) is 0. The zero-order chi connectivity index (χ0) is 15.7. The largest absolute Gasteiger partial charge is 0.467 e. The molecule has 21 heavy (non-hydrogen) atoms. The van der Waals surface area contributed by atoms with Gasteiger partial charge in [0.1, 0.15) is 12.3 Å². The Kier molecular flexibility index (Phi) is 7.36. The number of amides is 1. The molecule has 1 heterocycles. The van der Waals surface area contributed by atoms with E-state index in [2.05, 4.69) is 10.3 Å². The van der Waals surface area contributed by atoms with Gasteiger partial charge in [0.05, 0.1) is 12.8 Å². The van der Waals surface area contributed by atoms with Crippen molar-refractivity contribution in [1.82, 2.24) is 15.1 Å². The molecule has 0 saturated carbocycles. The normalized spacial score (nSPS) is 11.3. The van der Waals surface area contributed by atoms with Gasteiger partial charge in [-0.25, -0.2) is 4.99 Å². The first kappa shape index (κ1) is 17.1. The van der Waals surface area contributed by atoms with Crippen molar-refractivity contribution in [2.24, 2.45) is 4.99 Å². The van der Waals surface area contributed by atoms with Gasteiger partial charge in [0.25, 0.3) is 0 Å². The third kappa shape index (κ3) is 5.49. The van der Waals surface area contributed by atoms with Gasteiger partial charge < -0.3 is 19.5 Å². The summed E-state index contributed by atoms with van der Waals surface area (Å²) in [6.45, 7) is 8.94. The maximum Gasteiger partial charge on any atom is 0.242 e. The molecule has 0 fully saturated rings. The maximum absolute atomic E-state index is 12.1. The third-order valence-electron chi connectivity index (χ3n) is 3.15. The average Bonchev–Trinajstić information content (AvgIpc) is 2.97. The highest BCUT2D eigenvalue weighted by Crippen LogP contribution is 2.02. The van der Waals surface area contributed by atoms with Gasteiger partial charge in [-0.2, -0.15) is 0 Å². The van der Waals surface area contributed by atoms with Gasteiger partial charge in [0, 0.05) is 26.7 Å². The van der Waals surface area contributed by atoms with Crippen LogP contribution < -0.4 is 5.32 Å². The van der Waals surface area contributed by atoms with Crippen LogP contribution in [0.15, 0.2) is 27.8 Å². The Morgan fingerprint density at radius 3 is 2.57 bits per heavy atom. The zero-order valence-electron chi connectivity index (χ0n) is 13.4. The first-order valence-corrected chi connectivity index (χ1v) is 7.41. The Morgan fingerprint density at radius 2 is 2.05 bits per heavy atom. The van der Waals surface area contributed by atoms with Crippen molar-refractivity contribution in [1.29, 1.82) is 0 Å². The lowest BCUT2D eigenvalue weighted by molar-refractivity contribution is -0.131. The molecule has 1 amide bonds. The van der Waals surface area contributed by atoms with Gasteiger partial charge in [-0.3, -0.25) is 4.79 Å². The molecular formula is C15H26N4O2. The molecule has 0 aliphatic heterocycles. The fourth-order valence-corrected chi connectivity index (χ4v) is 1.98. The molecule has 1 rings (SSSR count). The average molecular weight is 294 g/mol. The Labute approximate surface area is 126 Å². The first-order chi connectivity index (χ1) is 10.1. The second-order valence-corrected chi connectivity index (χ2v) is 4.67. The van der Waals surface area contributed by atoms with Crippen LogP contribution in [0.5, 0.6) is 0 Å². The monoisotopic (exact) mass is 294 g/mol. The van der Waals surface area contributed by atoms with Crippen molar-refractivity contribution in [3.05, 3.63) is 24.2 Å². The van der Waals surface area contributed by atoms with Gasteiger partial charge >= 0.3 is 0 Å². The molecule has 0 unspecified atom stereocenters. The topological polar surface area (TPSA) is 61.1 Å². The van der Waals surface area contributed by atoms with Gasteiger partial charge in [0.15, 0.2) is 5.96 Å². The quantitative estimate of drug-likeness (QED) is 0.612. The van der Waals surface area contributed by atoms with Crippen LogP contribution in [0.3, 0.4) is 0 Å². The van der Waals surface area contributed by atoms with E-state index in [0.29, 0.717) is 19.0 Å². The lowest BCUT2D eigenvalue weighted by Gasteiger charge is -2.25. The minimum absolute atomic E-state index is 0.103. The Bertz CT molecular complexity index is 439. The van der Waals surface area contributed by atoms with Gasteiger partial charge in [-0.05, 0) is 32.9 Å². The second-order valence-electron chi connectivity index (χ2n) is 4.67. The number of hydrogen-bond acceptors (Lipinski definition) is 3. The molecule has 0 aromatic carbocycles. The van der Waals surface area contributed by atoms with Crippen LogP contribution in [0.25, 0.3) is 0 Å². The highest BCUT2D eigenvalue weighted by Gasteiger charge is 2.14. The highest BCUT2D eigenvalue weighted by atomic mass is 16.3. The predicted octanol–water partition coefficient (Wildman–Crippen LogP) is 1.55. The summed E-state index contributed by atoms with van der Waals surface area (Å²) >= 11 is 0. The van der Waals surface area contributed by atoms with Crippen molar-refractivity contribution in [3.63, 3.8) is 0 Å². The molecule has 6 nitrogen and oxygen atoms in total. The fraction of sp³-hybridized carbons (Fsp3) is 0.600. The van der Waals surface area contributed by atoms with E-state index in [1.165, 1.54) is 0 Å². The summed E-state index contributed by atoms with van der Waals surface area (Å²) in [6, 6.07) is 3.72. The van der Waals surface area contributed by atoms with E-state index in [1.54, 1.807) is 6.26 Å². The molecule has 0 atom stereocenters. The molecule has 118 valence electrons. The summed E-state index contributed by atoms with van der Waals surface area (Å²) in [5.74, 6) is 1.61. The number of guanidine groups is 1. The molecule has 1 aromatic rings. The van der Waals surface area contributed by atoms with Gasteiger partial charge in [-0.15, -0.1) is 0 Å². The Balaban J connectivity index is 2.66. The number of rotatable bonds is 7. The predicted molar refractivity (Wildman–Crippen MR) is 84.1 cm³/mol. The van der Waals surface area contributed by atoms with Crippen molar-refractivity contribution in [3.8, 4) is 0 Å². The molecule has 0 aliphatic carbocycles. The smallest absolute Gasteiger partial charge is 0.242 e. The lowest BCUT2D eigenvalue weighted by Crippen LogP contribution is -2.45. The number of nitrogens with zero attached hydrogens (tertiary/aromatic N) is 3. The molecule has 1 N–H and O–H groups in total. The van der Waals surface area contributed by atoms with Crippen LogP contribution in [0.2, 0.25) is 0 Å². The molecule has 0 saturated heterocycles. The number of hydrogen-bond donors (Lipinski definition) is 1. The molecule has 0 spiro atoms. The van der Waals surface area contributed by atoms with E-state index in [1.807, 2.05) is 49.8 Å².